The second-order valence-corrected chi connectivity index (χ2v) is 6.38. The highest BCUT2D eigenvalue weighted by Crippen LogP contribution is 2.40. The van der Waals surface area contributed by atoms with Crippen LogP contribution in [0, 0.1) is 0 Å². The number of nitrogens with one attached hydrogen (secondary N) is 1. The number of para-hydroxylation sites is 1. The summed E-state index contributed by atoms with van der Waals surface area (Å²) >= 11 is 3.50. The van der Waals surface area contributed by atoms with Crippen molar-refractivity contribution in [1.82, 2.24) is 14.8 Å². The summed E-state index contributed by atoms with van der Waals surface area (Å²) in [4.78, 5) is 4.10. The van der Waals surface area contributed by atoms with E-state index in [4.69, 9.17) is 0 Å². The lowest BCUT2D eigenvalue weighted by molar-refractivity contribution is 0.446. The number of anilines is 1. The summed E-state index contributed by atoms with van der Waals surface area (Å²) < 4.78 is 3.05. The van der Waals surface area contributed by atoms with Crippen LogP contribution in [0.4, 0.5) is 5.69 Å². The number of nitrogens with zero attached hydrogens (tertiary/aromatic N) is 3. The van der Waals surface area contributed by atoms with Gasteiger partial charge in [-0.25, -0.2) is 9.67 Å². The molecule has 1 aliphatic rings. The minimum Gasteiger partial charge on any atom is -0.378 e. The van der Waals surface area contributed by atoms with Crippen molar-refractivity contribution >= 4 is 21.6 Å². The Balaban J connectivity index is 1.75. The zero-order valence-electron chi connectivity index (χ0n) is 11.9. The zero-order chi connectivity index (χ0) is 14.9. The summed E-state index contributed by atoms with van der Waals surface area (Å²) in [7, 11) is 0. The summed E-state index contributed by atoms with van der Waals surface area (Å²) in [5.41, 5.74) is 3.71. The average molecular weight is 355 g/mol. The Morgan fingerprint density at radius 1 is 1.09 bits per heavy atom. The lowest BCUT2D eigenvalue weighted by Crippen LogP contribution is -2.25. The zero-order valence-corrected chi connectivity index (χ0v) is 13.4. The molecule has 4 nitrogen and oxygen atoms in total. The third kappa shape index (κ3) is 2.41. The van der Waals surface area contributed by atoms with E-state index in [1.165, 1.54) is 16.8 Å². The summed E-state index contributed by atoms with van der Waals surface area (Å²) in [6, 6.07) is 17.4. The van der Waals surface area contributed by atoms with Crippen molar-refractivity contribution in [3.05, 3.63) is 76.8 Å². The van der Waals surface area contributed by atoms with Crippen LogP contribution in [0.1, 0.15) is 29.6 Å². The van der Waals surface area contributed by atoms with Crippen LogP contribution in [-0.2, 0) is 0 Å². The first kappa shape index (κ1) is 13.5. The predicted octanol–water partition coefficient (Wildman–Crippen LogP) is 4.19. The van der Waals surface area contributed by atoms with Gasteiger partial charge in [0.1, 0.15) is 12.7 Å². The molecule has 2 aromatic carbocycles. The van der Waals surface area contributed by atoms with E-state index in [0.29, 0.717) is 0 Å². The van der Waals surface area contributed by atoms with Crippen LogP contribution in [0.2, 0.25) is 0 Å². The topological polar surface area (TPSA) is 42.7 Å². The maximum Gasteiger partial charge on any atom is 0.137 e. The van der Waals surface area contributed by atoms with Gasteiger partial charge in [0, 0.05) is 10.2 Å². The van der Waals surface area contributed by atoms with Crippen LogP contribution in [-0.4, -0.2) is 14.8 Å². The fraction of sp³-hybridized carbons (Fsp3) is 0.176. The highest BCUT2D eigenvalue weighted by molar-refractivity contribution is 9.10. The minimum absolute atomic E-state index is 0.202. The van der Waals surface area contributed by atoms with E-state index in [2.05, 4.69) is 79.9 Å². The minimum atomic E-state index is 0.202. The van der Waals surface area contributed by atoms with E-state index in [0.717, 1.165) is 10.9 Å². The molecule has 2 atom stereocenters. The average Bonchev–Trinajstić information content (AvgIpc) is 3.09. The molecule has 0 saturated heterocycles. The van der Waals surface area contributed by atoms with Crippen LogP contribution in [0.15, 0.2) is 65.7 Å². The lowest BCUT2D eigenvalue weighted by Gasteiger charge is -2.33. The first-order valence-corrected chi connectivity index (χ1v) is 8.05. The molecule has 0 spiro atoms. The number of halogens is 1. The Morgan fingerprint density at radius 3 is 2.68 bits per heavy atom. The van der Waals surface area contributed by atoms with Crippen LogP contribution in [0.3, 0.4) is 0 Å². The molecule has 3 aromatic rings. The van der Waals surface area contributed by atoms with Gasteiger partial charge >= 0.3 is 0 Å². The van der Waals surface area contributed by atoms with Crippen LogP contribution in [0.25, 0.3) is 0 Å². The Hall–Kier alpha value is -2.14. The van der Waals surface area contributed by atoms with Gasteiger partial charge in [-0.1, -0.05) is 46.3 Å². The highest BCUT2D eigenvalue weighted by Gasteiger charge is 2.28. The lowest BCUT2D eigenvalue weighted by atomic mass is 9.89. The molecule has 2 heterocycles. The van der Waals surface area contributed by atoms with Gasteiger partial charge in [-0.2, -0.15) is 5.10 Å². The number of rotatable bonds is 2. The van der Waals surface area contributed by atoms with Gasteiger partial charge in [0.25, 0.3) is 0 Å². The van der Waals surface area contributed by atoms with Gasteiger partial charge in [0.2, 0.25) is 0 Å². The van der Waals surface area contributed by atoms with Gasteiger partial charge in [-0.15, -0.1) is 0 Å². The third-order valence-corrected chi connectivity index (χ3v) is 4.67. The molecule has 0 fully saturated rings. The van der Waals surface area contributed by atoms with Crippen molar-refractivity contribution in [1.29, 1.82) is 0 Å². The van der Waals surface area contributed by atoms with Gasteiger partial charge in [0.05, 0.1) is 12.1 Å². The van der Waals surface area contributed by atoms with Crippen molar-refractivity contribution in [2.75, 3.05) is 5.32 Å². The molecule has 1 aromatic heterocycles. The molecule has 5 heteroatoms. The van der Waals surface area contributed by atoms with Crippen molar-refractivity contribution in [2.45, 2.75) is 18.5 Å². The smallest absolute Gasteiger partial charge is 0.137 e. The van der Waals surface area contributed by atoms with E-state index in [9.17, 15) is 0 Å². The van der Waals surface area contributed by atoms with Gasteiger partial charge < -0.3 is 5.32 Å². The van der Waals surface area contributed by atoms with Gasteiger partial charge in [-0.05, 0) is 35.7 Å². The molecule has 22 heavy (non-hydrogen) atoms. The van der Waals surface area contributed by atoms with Crippen molar-refractivity contribution in [2.24, 2.45) is 0 Å². The number of aromatic nitrogens is 3. The number of hydrogen-bond donors (Lipinski definition) is 1. The summed E-state index contributed by atoms with van der Waals surface area (Å²) in [5.74, 6) is 0. The molecule has 0 saturated carbocycles. The van der Waals surface area contributed by atoms with E-state index in [1.54, 1.807) is 12.7 Å². The largest absolute Gasteiger partial charge is 0.378 e. The maximum atomic E-state index is 4.35. The summed E-state index contributed by atoms with van der Waals surface area (Å²) in [5, 5.41) is 8.00. The Kier molecular flexibility index (Phi) is 3.42. The number of hydrogen-bond acceptors (Lipinski definition) is 3. The van der Waals surface area contributed by atoms with Gasteiger partial charge in [0.15, 0.2) is 0 Å². The fourth-order valence-electron chi connectivity index (χ4n) is 3.06. The van der Waals surface area contributed by atoms with Crippen LogP contribution >= 0.6 is 15.9 Å². The van der Waals surface area contributed by atoms with Crippen molar-refractivity contribution in [3.63, 3.8) is 0 Å². The highest BCUT2D eigenvalue weighted by atomic mass is 79.9. The maximum absolute atomic E-state index is 4.35. The summed E-state index contributed by atoms with van der Waals surface area (Å²) in [6.07, 6.45) is 4.34. The van der Waals surface area contributed by atoms with Crippen LogP contribution < -0.4 is 5.32 Å². The van der Waals surface area contributed by atoms with Crippen LogP contribution in [0.5, 0.6) is 0 Å². The Bertz CT molecular complexity index is 768. The normalized spacial score (nSPS) is 20.2. The fourth-order valence-corrected chi connectivity index (χ4v) is 3.32. The molecular weight excluding hydrogens is 340 g/mol. The summed E-state index contributed by atoms with van der Waals surface area (Å²) in [6.45, 7) is 0. The molecule has 1 N–H and O–H groups in total. The quantitative estimate of drug-likeness (QED) is 0.750. The molecule has 0 bridgehead atoms. The van der Waals surface area contributed by atoms with Gasteiger partial charge in [-0.3, -0.25) is 0 Å². The molecule has 1 aliphatic heterocycles. The monoisotopic (exact) mass is 354 g/mol. The van der Waals surface area contributed by atoms with E-state index >= 15 is 0 Å². The number of fused-ring (bicyclic) bond motifs is 1. The molecule has 4 rings (SSSR count). The molecule has 0 amide bonds. The standard InChI is InChI=1S/C17H15BrN4/c18-13-7-5-12(6-8-13)16-9-17(22-11-19-10-20-22)14-3-1-2-4-15(14)21-16/h1-8,10-11,16-17,21H,9H2. The predicted molar refractivity (Wildman–Crippen MR) is 89.7 cm³/mol. The van der Waals surface area contributed by atoms with E-state index < -0.39 is 0 Å². The van der Waals surface area contributed by atoms with Crippen molar-refractivity contribution < 1.29 is 0 Å². The molecule has 2 unspecified atom stereocenters. The third-order valence-electron chi connectivity index (χ3n) is 4.14. The van der Waals surface area contributed by atoms with E-state index in [1.807, 2.05) is 4.68 Å². The second kappa shape index (κ2) is 5.57. The van der Waals surface area contributed by atoms with Crippen molar-refractivity contribution in [3.8, 4) is 0 Å². The SMILES string of the molecule is Brc1ccc(C2CC(n3cncn3)c3ccccc3N2)cc1. The molecular formula is C17H15BrN4. The number of benzene rings is 2. The molecule has 0 radical (unpaired) electrons. The van der Waals surface area contributed by atoms with E-state index in [-0.39, 0.29) is 12.1 Å². The molecule has 110 valence electrons. The Labute approximate surface area is 137 Å². The Morgan fingerprint density at radius 2 is 1.91 bits per heavy atom. The second-order valence-electron chi connectivity index (χ2n) is 5.46. The first-order chi connectivity index (χ1) is 10.8. The first-order valence-electron chi connectivity index (χ1n) is 7.26. The molecule has 0 aliphatic carbocycles.